The molecule has 0 saturated heterocycles. The van der Waals surface area contributed by atoms with Gasteiger partial charge in [0, 0.05) is 36.8 Å². The van der Waals surface area contributed by atoms with Crippen molar-refractivity contribution in [1.29, 1.82) is 0 Å². The van der Waals surface area contributed by atoms with E-state index in [-0.39, 0.29) is 18.4 Å². The van der Waals surface area contributed by atoms with Gasteiger partial charge in [-0.15, -0.1) is 0 Å². The van der Waals surface area contributed by atoms with Crippen molar-refractivity contribution in [2.75, 3.05) is 18.9 Å². The lowest BCUT2D eigenvalue weighted by atomic mass is 9.95. The highest BCUT2D eigenvalue weighted by Gasteiger charge is 2.19. The Morgan fingerprint density at radius 2 is 1.93 bits per heavy atom. The molecule has 0 spiro atoms. The van der Waals surface area contributed by atoms with Gasteiger partial charge in [0.25, 0.3) is 0 Å². The second-order valence-electron chi connectivity index (χ2n) is 8.28. The fourth-order valence-corrected chi connectivity index (χ4v) is 4.24. The van der Waals surface area contributed by atoms with Crippen molar-refractivity contribution >= 4 is 23.7 Å². The molecular weight excluding hydrogens is 376 g/mol. The van der Waals surface area contributed by atoms with E-state index in [9.17, 15) is 9.59 Å². The first kappa shape index (κ1) is 21.8. The van der Waals surface area contributed by atoms with E-state index < -0.39 is 0 Å². The third kappa shape index (κ3) is 5.38. The number of nitrogens with zero attached hydrogens (tertiary/aromatic N) is 3. The summed E-state index contributed by atoms with van der Waals surface area (Å²) in [5, 5.41) is 2.73. The predicted octanol–water partition coefficient (Wildman–Crippen LogP) is 4.42. The Bertz CT molecular complexity index is 939. The molecule has 2 aromatic heterocycles. The molecule has 0 atom stereocenters. The van der Waals surface area contributed by atoms with Gasteiger partial charge in [0.1, 0.15) is 5.82 Å². The third-order valence-corrected chi connectivity index (χ3v) is 5.81. The van der Waals surface area contributed by atoms with Crippen LogP contribution in [0.1, 0.15) is 60.7 Å². The van der Waals surface area contributed by atoms with Crippen molar-refractivity contribution in [2.45, 2.75) is 58.9 Å². The number of amides is 2. The van der Waals surface area contributed by atoms with Gasteiger partial charge < -0.3 is 14.8 Å². The molecule has 1 aliphatic rings. The number of rotatable bonds is 6. The van der Waals surface area contributed by atoms with Gasteiger partial charge in [-0.3, -0.25) is 9.59 Å². The van der Waals surface area contributed by atoms with Crippen LogP contribution in [0.2, 0.25) is 0 Å². The van der Waals surface area contributed by atoms with Crippen molar-refractivity contribution in [3.8, 4) is 0 Å². The number of pyridine rings is 1. The molecule has 1 N–H and O–H groups in total. The minimum Gasteiger partial charge on any atom is -0.346 e. The summed E-state index contributed by atoms with van der Waals surface area (Å²) < 4.78 is 2.43. The molecule has 160 valence electrons. The van der Waals surface area contributed by atoms with Gasteiger partial charge >= 0.3 is 0 Å². The van der Waals surface area contributed by atoms with Gasteiger partial charge in [0.15, 0.2) is 0 Å². The fourth-order valence-electron chi connectivity index (χ4n) is 4.24. The Hall–Kier alpha value is -2.89. The normalized spacial score (nSPS) is 14.8. The maximum Gasteiger partial charge on any atom is 0.246 e. The molecule has 6 nitrogen and oxygen atoms in total. The van der Waals surface area contributed by atoms with E-state index in [0.29, 0.717) is 11.9 Å². The third-order valence-electron chi connectivity index (χ3n) is 5.81. The highest BCUT2D eigenvalue weighted by molar-refractivity contribution is 5.97. The Morgan fingerprint density at radius 3 is 2.63 bits per heavy atom. The van der Waals surface area contributed by atoms with Crippen LogP contribution in [0.3, 0.4) is 0 Å². The molecule has 2 heterocycles. The lowest BCUT2D eigenvalue weighted by Gasteiger charge is -2.26. The quantitative estimate of drug-likeness (QED) is 0.719. The monoisotopic (exact) mass is 408 g/mol. The lowest BCUT2D eigenvalue weighted by Crippen LogP contribution is -2.34. The van der Waals surface area contributed by atoms with E-state index in [0.717, 1.165) is 11.1 Å². The number of hydrogen-bond donors (Lipinski definition) is 1. The minimum absolute atomic E-state index is 0.0279. The largest absolute Gasteiger partial charge is 0.346 e. The number of carbonyl (C=O) groups excluding carboxylic acids is 2. The number of aryl methyl sites for hydroxylation is 2. The minimum atomic E-state index is -0.271. The number of nitrogens with one attached hydrogen (secondary N) is 1. The fraction of sp³-hybridized carbons (Fsp3) is 0.458. The van der Waals surface area contributed by atoms with Crippen molar-refractivity contribution in [3.05, 3.63) is 53.0 Å². The zero-order valence-corrected chi connectivity index (χ0v) is 18.4. The van der Waals surface area contributed by atoms with E-state index >= 15 is 0 Å². The number of aromatic nitrogens is 2. The van der Waals surface area contributed by atoms with Gasteiger partial charge in [-0.2, -0.15) is 0 Å². The molecule has 0 unspecified atom stereocenters. The van der Waals surface area contributed by atoms with Crippen LogP contribution < -0.4 is 5.32 Å². The Labute approximate surface area is 179 Å². The summed E-state index contributed by atoms with van der Waals surface area (Å²) in [6.45, 7) is 6.16. The van der Waals surface area contributed by atoms with Crippen LogP contribution in [-0.2, 0) is 9.59 Å². The molecular formula is C24H32N4O2. The van der Waals surface area contributed by atoms with Crippen LogP contribution in [0.5, 0.6) is 0 Å². The highest BCUT2D eigenvalue weighted by atomic mass is 16.2. The van der Waals surface area contributed by atoms with Gasteiger partial charge in [-0.1, -0.05) is 19.3 Å². The second-order valence-corrected chi connectivity index (χ2v) is 8.28. The molecule has 0 bridgehead atoms. The standard InChI is InChI=1S/C24H32N4O2/c1-17-12-13-25-22(14-17)26-23(29)16-27(4)24(30)11-10-20-15-18(2)28(19(20)3)21-8-6-5-7-9-21/h10-15,21H,5-9,16H2,1-4H3,(H,25,26,29)/b11-10+. The van der Waals surface area contributed by atoms with Crippen LogP contribution >= 0.6 is 0 Å². The maximum absolute atomic E-state index is 12.5. The summed E-state index contributed by atoms with van der Waals surface area (Å²) in [5.74, 6) is 0.0178. The van der Waals surface area contributed by atoms with Crippen molar-refractivity contribution in [3.63, 3.8) is 0 Å². The molecule has 30 heavy (non-hydrogen) atoms. The molecule has 1 aliphatic carbocycles. The Kier molecular flexibility index (Phi) is 7.08. The zero-order valence-electron chi connectivity index (χ0n) is 18.4. The van der Waals surface area contributed by atoms with E-state index in [1.54, 1.807) is 25.4 Å². The summed E-state index contributed by atoms with van der Waals surface area (Å²) in [5.41, 5.74) is 4.52. The summed E-state index contributed by atoms with van der Waals surface area (Å²) in [7, 11) is 1.63. The van der Waals surface area contributed by atoms with Crippen molar-refractivity contribution in [2.24, 2.45) is 0 Å². The summed E-state index contributed by atoms with van der Waals surface area (Å²) in [4.78, 5) is 30.2. The Morgan fingerprint density at radius 1 is 1.20 bits per heavy atom. The van der Waals surface area contributed by atoms with E-state index in [1.165, 1.54) is 48.4 Å². The second kappa shape index (κ2) is 9.74. The first-order chi connectivity index (χ1) is 14.3. The summed E-state index contributed by atoms with van der Waals surface area (Å²) in [6, 6.07) is 6.37. The molecule has 1 fully saturated rings. The van der Waals surface area contributed by atoms with Gasteiger partial charge in [-0.05, 0) is 69.0 Å². The van der Waals surface area contributed by atoms with Crippen molar-refractivity contribution in [1.82, 2.24) is 14.5 Å². The maximum atomic E-state index is 12.5. The number of hydrogen-bond acceptors (Lipinski definition) is 3. The molecule has 0 aromatic carbocycles. The predicted molar refractivity (Wildman–Crippen MR) is 120 cm³/mol. The SMILES string of the molecule is Cc1ccnc(NC(=O)CN(C)C(=O)/C=C/c2cc(C)n(C3CCCCC3)c2C)c1. The van der Waals surface area contributed by atoms with E-state index in [4.69, 9.17) is 0 Å². The Balaban J connectivity index is 1.60. The smallest absolute Gasteiger partial charge is 0.246 e. The first-order valence-electron chi connectivity index (χ1n) is 10.7. The molecule has 0 radical (unpaired) electrons. The first-order valence-corrected chi connectivity index (χ1v) is 10.7. The van der Waals surface area contributed by atoms with Gasteiger partial charge in [0.2, 0.25) is 11.8 Å². The molecule has 6 heteroatoms. The molecule has 0 aliphatic heterocycles. The van der Waals surface area contributed by atoms with E-state index in [1.807, 2.05) is 19.1 Å². The number of likely N-dealkylation sites (N-methyl/N-ethyl adjacent to an activating group) is 1. The average molecular weight is 409 g/mol. The number of anilines is 1. The molecule has 3 rings (SSSR count). The van der Waals surface area contributed by atoms with Gasteiger partial charge in [-0.25, -0.2) is 4.98 Å². The molecule has 1 saturated carbocycles. The summed E-state index contributed by atoms with van der Waals surface area (Å²) >= 11 is 0. The van der Waals surface area contributed by atoms with E-state index in [2.05, 4.69) is 34.8 Å². The van der Waals surface area contributed by atoms with Crippen LogP contribution in [-0.4, -0.2) is 39.9 Å². The molecule has 2 amide bonds. The van der Waals surface area contributed by atoms with Crippen LogP contribution in [0, 0.1) is 20.8 Å². The summed E-state index contributed by atoms with van der Waals surface area (Å²) in [6.07, 6.45) is 11.4. The van der Waals surface area contributed by atoms with Crippen molar-refractivity contribution < 1.29 is 9.59 Å². The van der Waals surface area contributed by atoms with Crippen LogP contribution in [0.25, 0.3) is 6.08 Å². The van der Waals surface area contributed by atoms with Gasteiger partial charge in [0.05, 0.1) is 6.54 Å². The topological polar surface area (TPSA) is 67.2 Å². The average Bonchev–Trinajstić information content (AvgIpc) is 2.99. The number of carbonyl (C=O) groups is 2. The molecule has 2 aromatic rings. The highest BCUT2D eigenvalue weighted by Crippen LogP contribution is 2.32. The zero-order chi connectivity index (χ0) is 21.7. The van der Waals surface area contributed by atoms with Crippen LogP contribution in [0.15, 0.2) is 30.5 Å². The van der Waals surface area contributed by atoms with Crippen LogP contribution in [0.4, 0.5) is 5.82 Å². The lowest BCUT2D eigenvalue weighted by molar-refractivity contribution is -0.129.